The number of hydrogen-bond donors (Lipinski definition) is 2. The van der Waals surface area contributed by atoms with Gasteiger partial charge in [-0.2, -0.15) is 0 Å². The summed E-state index contributed by atoms with van der Waals surface area (Å²) in [6.45, 7) is 5.55. The first-order valence-corrected chi connectivity index (χ1v) is 8.34. The molecule has 132 valence electrons. The fourth-order valence-electron chi connectivity index (χ4n) is 2.27. The van der Waals surface area contributed by atoms with Crippen LogP contribution in [0.25, 0.3) is 0 Å². The van der Waals surface area contributed by atoms with Crippen molar-refractivity contribution < 1.29 is 14.3 Å². The maximum absolute atomic E-state index is 12.4. The van der Waals surface area contributed by atoms with E-state index in [1.807, 2.05) is 32.0 Å². The molecule has 0 spiro atoms. The van der Waals surface area contributed by atoms with Crippen molar-refractivity contribution in [3.05, 3.63) is 58.6 Å². The highest BCUT2D eigenvalue weighted by Gasteiger charge is 2.14. The second-order valence-corrected chi connectivity index (χ2v) is 6.23. The number of nitrogens with one attached hydrogen (secondary N) is 2. The van der Waals surface area contributed by atoms with Gasteiger partial charge in [0.2, 0.25) is 5.91 Å². The van der Waals surface area contributed by atoms with E-state index in [9.17, 15) is 9.59 Å². The molecule has 0 atom stereocenters. The molecule has 6 heteroatoms. The number of carbonyl (C=O) groups is 2. The second-order valence-electron chi connectivity index (χ2n) is 5.85. The Morgan fingerprint density at radius 1 is 1.16 bits per heavy atom. The molecule has 0 fully saturated rings. The lowest BCUT2D eigenvalue weighted by Crippen LogP contribution is -2.23. The standard InChI is InChI=1S/C19H21ClN2O3/c1-12(2)25-17-9-5-8-16(18(17)20)19(24)21-11-14-6-4-7-15(10-14)22-13(3)23/h4-10,12H,11H2,1-3H3,(H,21,24)(H,22,23). The SMILES string of the molecule is CC(=O)Nc1cccc(CNC(=O)c2cccc(OC(C)C)c2Cl)c1. The minimum atomic E-state index is -0.288. The molecule has 0 unspecified atom stereocenters. The first kappa shape index (κ1) is 18.8. The summed E-state index contributed by atoms with van der Waals surface area (Å²) in [6.07, 6.45) is -0.0349. The normalized spacial score (nSPS) is 10.4. The van der Waals surface area contributed by atoms with Crippen molar-refractivity contribution in [1.82, 2.24) is 5.32 Å². The largest absolute Gasteiger partial charge is 0.489 e. The van der Waals surface area contributed by atoms with E-state index in [0.717, 1.165) is 5.56 Å². The Morgan fingerprint density at radius 2 is 1.88 bits per heavy atom. The molecule has 5 nitrogen and oxygen atoms in total. The predicted octanol–water partition coefficient (Wildman–Crippen LogP) is 4.02. The molecular formula is C19H21ClN2O3. The first-order valence-electron chi connectivity index (χ1n) is 7.96. The van der Waals surface area contributed by atoms with E-state index in [0.29, 0.717) is 28.6 Å². The molecule has 0 aliphatic rings. The Hall–Kier alpha value is -2.53. The summed E-state index contributed by atoms with van der Waals surface area (Å²) in [4.78, 5) is 23.5. The highest BCUT2D eigenvalue weighted by Crippen LogP contribution is 2.29. The lowest BCUT2D eigenvalue weighted by Gasteiger charge is -2.14. The number of benzene rings is 2. The third-order valence-corrected chi connectivity index (χ3v) is 3.66. The number of anilines is 1. The predicted molar refractivity (Wildman–Crippen MR) is 99.1 cm³/mol. The molecule has 0 radical (unpaired) electrons. The van der Waals surface area contributed by atoms with E-state index >= 15 is 0 Å². The van der Waals surface area contributed by atoms with Crippen molar-refractivity contribution in [2.45, 2.75) is 33.4 Å². The van der Waals surface area contributed by atoms with Crippen LogP contribution < -0.4 is 15.4 Å². The van der Waals surface area contributed by atoms with E-state index in [2.05, 4.69) is 10.6 Å². The Morgan fingerprint density at radius 3 is 2.56 bits per heavy atom. The summed E-state index contributed by atoms with van der Waals surface area (Å²) < 4.78 is 5.60. The number of rotatable bonds is 6. The molecule has 0 saturated carbocycles. The number of ether oxygens (including phenoxy) is 1. The Kier molecular flexibility index (Phi) is 6.42. The van der Waals surface area contributed by atoms with Gasteiger partial charge in [0.1, 0.15) is 5.75 Å². The van der Waals surface area contributed by atoms with Crippen LogP contribution in [-0.2, 0) is 11.3 Å². The molecule has 2 rings (SSSR count). The van der Waals surface area contributed by atoms with Crippen LogP contribution in [0.1, 0.15) is 36.7 Å². The summed E-state index contributed by atoms with van der Waals surface area (Å²) in [5.41, 5.74) is 1.91. The van der Waals surface area contributed by atoms with Crippen LogP contribution in [0.5, 0.6) is 5.75 Å². The molecular weight excluding hydrogens is 340 g/mol. The fraction of sp³-hybridized carbons (Fsp3) is 0.263. The molecule has 2 aromatic rings. The van der Waals surface area contributed by atoms with Gasteiger partial charge in [-0.25, -0.2) is 0 Å². The first-order chi connectivity index (χ1) is 11.9. The lowest BCUT2D eigenvalue weighted by molar-refractivity contribution is -0.114. The zero-order valence-electron chi connectivity index (χ0n) is 14.4. The van der Waals surface area contributed by atoms with Crippen molar-refractivity contribution in [2.75, 3.05) is 5.32 Å². The average Bonchev–Trinajstić information content (AvgIpc) is 2.54. The molecule has 0 aliphatic heterocycles. The zero-order valence-corrected chi connectivity index (χ0v) is 15.2. The number of hydrogen-bond acceptors (Lipinski definition) is 3. The molecule has 0 bridgehead atoms. The van der Waals surface area contributed by atoms with Gasteiger partial charge in [-0.1, -0.05) is 29.8 Å². The molecule has 2 N–H and O–H groups in total. The third kappa shape index (κ3) is 5.50. The minimum Gasteiger partial charge on any atom is -0.489 e. The van der Waals surface area contributed by atoms with E-state index in [-0.39, 0.29) is 17.9 Å². The minimum absolute atomic E-state index is 0.0349. The van der Waals surface area contributed by atoms with Gasteiger partial charge < -0.3 is 15.4 Å². The van der Waals surface area contributed by atoms with Crippen LogP contribution in [0.2, 0.25) is 5.02 Å². The fourth-order valence-corrected chi connectivity index (χ4v) is 2.53. The maximum Gasteiger partial charge on any atom is 0.253 e. The van der Waals surface area contributed by atoms with Gasteiger partial charge >= 0.3 is 0 Å². The molecule has 2 amide bonds. The van der Waals surface area contributed by atoms with Gasteiger partial charge in [-0.05, 0) is 43.7 Å². The van der Waals surface area contributed by atoms with Crippen molar-refractivity contribution in [3.63, 3.8) is 0 Å². The molecule has 0 aromatic heterocycles. The number of carbonyl (C=O) groups excluding carboxylic acids is 2. The van der Waals surface area contributed by atoms with Crippen LogP contribution in [0.15, 0.2) is 42.5 Å². The monoisotopic (exact) mass is 360 g/mol. The van der Waals surface area contributed by atoms with Crippen molar-refractivity contribution in [1.29, 1.82) is 0 Å². The van der Waals surface area contributed by atoms with Crippen LogP contribution in [0.4, 0.5) is 5.69 Å². The maximum atomic E-state index is 12.4. The van der Waals surface area contributed by atoms with Gasteiger partial charge in [-0.3, -0.25) is 9.59 Å². The Bertz CT molecular complexity index is 775. The van der Waals surface area contributed by atoms with Crippen molar-refractivity contribution >= 4 is 29.1 Å². The summed E-state index contributed by atoms with van der Waals surface area (Å²) in [5, 5.41) is 5.83. The van der Waals surface area contributed by atoms with Crippen LogP contribution >= 0.6 is 11.6 Å². The number of amides is 2. The highest BCUT2D eigenvalue weighted by molar-refractivity contribution is 6.35. The van der Waals surface area contributed by atoms with E-state index in [4.69, 9.17) is 16.3 Å². The van der Waals surface area contributed by atoms with Crippen LogP contribution in [-0.4, -0.2) is 17.9 Å². The van der Waals surface area contributed by atoms with E-state index < -0.39 is 0 Å². The second kappa shape index (κ2) is 8.53. The van der Waals surface area contributed by atoms with Crippen LogP contribution in [0.3, 0.4) is 0 Å². The van der Waals surface area contributed by atoms with Crippen molar-refractivity contribution in [3.8, 4) is 5.75 Å². The Labute approximate surface area is 152 Å². The summed E-state index contributed by atoms with van der Waals surface area (Å²) in [5.74, 6) is 0.0519. The smallest absolute Gasteiger partial charge is 0.253 e. The molecule has 2 aromatic carbocycles. The van der Waals surface area contributed by atoms with E-state index in [1.54, 1.807) is 24.3 Å². The summed E-state index contributed by atoms with van der Waals surface area (Å²) in [6, 6.07) is 12.4. The van der Waals surface area contributed by atoms with Gasteiger partial charge in [0.15, 0.2) is 0 Å². The lowest BCUT2D eigenvalue weighted by atomic mass is 10.1. The molecule has 0 saturated heterocycles. The highest BCUT2D eigenvalue weighted by atomic mass is 35.5. The van der Waals surface area contributed by atoms with Crippen LogP contribution in [0, 0.1) is 0 Å². The summed E-state index contributed by atoms with van der Waals surface area (Å²) in [7, 11) is 0. The quantitative estimate of drug-likeness (QED) is 0.817. The molecule has 25 heavy (non-hydrogen) atoms. The Balaban J connectivity index is 2.07. The van der Waals surface area contributed by atoms with E-state index in [1.165, 1.54) is 6.92 Å². The topological polar surface area (TPSA) is 67.4 Å². The molecule has 0 heterocycles. The van der Waals surface area contributed by atoms with Gasteiger partial charge in [0.25, 0.3) is 5.91 Å². The third-order valence-electron chi connectivity index (χ3n) is 3.27. The van der Waals surface area contributed by atoms with Gasteiger partial charge in [0, 0.05) is 19.2 Å². The molecule has 0 aliphatic carbocycles. The van der Waals surface area contributed by atoms with Gasteiger partial charge in [0.05, 0.1) is 16.7 Å². The zero-order chi connectivity index (χ0) is 18.4. The van der Waals surface area contributed by atoms with Gasteiger partial charge in [-0.15, -0.1) is 0 Å². The number of halogens is 1. The van der Waals surface area contributed by atoms with Crippen molar-refractivity contribution in [2.24, 2.45) is 0 Å². The summed E-state index contributed by atoms with van der Waals surface area (Å²) >= 11 is 6.28. The average molecular weight is 361 g/mol.